The van der Waals surface area contributed by atoms with Gasteiger partial charge < -0.3 is 9.84 Å². The number of carbonyl (C=O) groups excluding carboxylic acids is 1. The molecule has 2 aromatic rings. The number of phenolic OH excluding ortho intramolecular Hbond substituents is 1. The Morgan fingerprint density at radius 2 is 1.68 bits per heavy atom. The normalized spacial score (nSPS) is 10.6. The van der Waals surface area contributed by atoms with E-state index in [1.54, 1.807) is 42.5 Å². The van der Waals surface area contributed by atoms with Gasteiger partial charge in [-0.05, 0) is 42.8 Å². The minimum absolute atomic E-state index is 0.194. The number of aromatic hydroxyl groups is 1. The van der Waals surface area contributed by atoms with Crippen molar-refractivity contribution in [3.8, 4) is 11.5 Å². The van der Waals surface area contributed by atoms with E-state index in [0.717, 1.165) is 11.1 Å². The largest absolute Gasteiger partial charge is 0.508 e. The average Bonchev–Trinajstić information content (AvgIpc) is 2.41. The van der Waals surface area contributed by atoms with Crippen LogP contribution in [0.2, 0.25) is 0 Å². The molecular weight excluding hydrogens is 240 g/mol. The molecule has 0 aromatic heterocycles. The Bertz CT molecular complexity index is 580. The lowest BCUT2D eigenvalue weighted by molar-refractivity contribution is -0.128. The smallest absolute Gasteiger partial charge is 0.336 e. The predicted octanol–water partition coefficient (Wildman–Crippen LogP) is 3.32. The van der Waals surface area contributed by atoms with E-state index in [0.29, 0.717) is 5.75 Å². The zero-order chi connectivity index (χ0) is 13.7. The third-order valence-electron chi connectivity index (χ3n) is 2.54. The summed E-state index contributed by atoms with van der Waals surface area (Å²) in [5.74, 6) is 0.280. The highest BCUT2D eigenvalue weighted by Gasteiger charge is 1.99. The first kappa shape index (κ1) is 12.9. The summed E-state index contributed by atoms with van der Waals surface area (Å²) in [6, 6.07) is 13.8. The summed E-state index contributed by atoms with van der Waals surface area (Å²) in [7, 11) is 0. The van der Waals surface area contributed by atoms with Crippen molar-refractivity contribution < 1.29 is 14.6 Å². The van der Waals surface area contributed by atoms with Gasteiger partial charge in [0, 0.05) is 6.08 Å². The van der Waals surface area contributed by atoms with Gasteiger partial charge in [-0.1, -0.05) is 29.8 Å². The number of ether oxygens (including phenoxy) is 1. The van der Waals surface area contributed by atoms with E-state index in [4.69, 9.17) is 9.84 Å². The Kier molecular flexibility index (Phi) is 3.98. The molecule has 0 spiro atoms. The molecule has 0 aliphatic carbocycles. The van der Waals surface area contributed by atoms with E-state index in [2.05, 4.69) is 0 Å². The second-order valence-electron chi connectivity index (χ2n) is 4.16. The lowest BCUT2D eigenvalue weighted by atomic mass is 10.2. The molecule has 0 bridgehead atoms. The molecule has 2 rings (SSSR count). The summed E-state index contributed by atoms with van der Waals surface area (Å²) in [5, 5.41) is 9.14. The quantitative estimate of drug-likeness (QED) is 0.519. The van der Waals surface area contributed by atoms with Crippen LogP contribution in [-0.4, -0.2) is 11.1 Å². The van der Waals surface area contributed by atoms with E-state index >= 15 is 0 Å². The fourth-order valence-electron chi connectivity index (χ4n) is 1.51. The molecule has 1 N–H and O–H groups in total. The van der Waals surface area contributed by atoms with Crippen LogP contribution in [0.15, 0.2) is 54.6 Å². The minimum Gasteiger partial charge on any atom is -0.508 e. The van der Waals surface area contributed by atoms with Crippen molar-refractivity contribution >= 4 is 12.0 Å². The summed E-state index contributed by atoms with van der Waals surface area (Å²) in [6.45, 7) is 1.97. The van der Waals surface area contributed by atoms with Crippen LogP contribution in [0.25, 0.3) is 6.08 Å². The lowest BCUT2D eigenvalue weighted by Crippen LogP contribution is -2.03. The second kappa shape index (κ2) is 5.87. The van der Waals surface area contributed by atoms with Gasteiger partial charge in [-0.25, -0.2) is 4.79 Å². The van der Waals surface area contributed by atoms with E-state index < -0.39 is 5.97 Å². The Hall–Kier alpha value is -2.55. The number of hydrogen-bond donors (Lipinski definition) is 1. The third kappa shape index (κ3) is 4.00. The van der Waals surface area contributed by atoms with Gasteiger partial charge in [0.05, 0.1) is 0 Å². The molecule has 0 amide bonds. The van der Waals surface area contributed by atoms with E-state index in [1.165, 1.54) is 6.08 Å². The van der Waals surface area contributed by atoms with Gasteiger partial charge in [0.2, 0.25) is 0 Å². The standard InChI is InChI=1S/C16H14O3/c1-12-2-9-15(10-3-12)19-16(18)11-6-13-4-7-14(17)8-5-13/h2-11,17H,1H3/b11-6+. The zero-order valence-corrected chi connectivity index (χ0v) is 10.5. The molecule has 2 aromatic carbocycles. The number of aryl methyl sites for hydroxylation is 1. The maximum Gasteiger partial charge on any atom is 0.336 e. The van der Waals surface area contributed by atoms with Crippen LogP contribution in [0.4, 0.5) is 0 Å². The number of benzene rings is 2. The number of hydrogen-bond acceptors (Lipinski definition) is 3. The average molecular weight is 254 g/mol. The molecule has 0 aliphatic rings. The van der Waals surface area contributed by atoms with Gasteiger partial charge in [-0.3, -0.25) is 0 Å². The van der Waals surface area contributed by atoms with Crippen molar-refractivity contribution in [3.05, 3.63) is 65.7 Å². The van der Waals surface area contributed by atoms with Gasteiger partial charge in [-0.2, -0.15) is 0 Å². The SMILES string of the molecule is Cc1ccc(OC(=O)/C=C/c2ccc(O)cc2)cc1. The predicted molar refractivity (Wildman–Crippen MR) is 74.0 cm³/mol. The third-order valence-corrected chi connectivity index (χ3v) is 2.54. The summed E-state index contributed by atoms with van der Waals surface area (Å²) in [4.78, 5) is 11.6. The van der Waals surface area contributed by atoms with Gasteiger partial charge >= 0.3 is 5.97 Å². The number of carbonyl (C=O) groups is 1. The lowest BCUT2D eigenvalue weighted by Gasteiger charge is -2.01. The van der Waals surface area contributed by atoms with Crippen LogP contribution in [0.5, 0.6) is 11.5 Å². The molecule has 3 heteroatoms. The van der Waals surface area contributed by atoms with E-state index in [9.17, 15) is 4.79 Å². The van der Waals surface area contributed by atoms with Crippen molar-refractivity contribution in [2.24, 2.45) is 0 Å². The van der Waals surface area contributed by atoms with Crippen molar-refractivity contribution in [1.29, 1.82) is 0 Å². The van der Waals surface area contributed by atoms with Crippen molar-refractivity contribution in [1.82, 2.24) is 0 Å². The topological polar surface area (TPSA) is 46.5 Å². The Balaban J connectivity index is 1.97. The van der Waals surface area contributed by atoms with Crippen LogP contribution in [-0.2, 0) is 4.79 Å². The summed E-state index contributed by atoms with van der Waals surface area (Å²) in [5.41, 5.74) is 1.93. The first-order valence-electron chi connectivity index (χ1n) is 5.89. The first-order chi connectivity index (χ1) is 9.13. The molecule has 19 heavy (non-hydrogen) atoms. The Morgan fingerprint density at radius 1 is 1.05 bits per heavy atom. The van der Waals surface area contributed by atoms with Gasteiger partial charge in [0.15, 0.2) is 0 Å². The summed E-state index contributed by atoms with van der Waals surface area (Å²) in [6.07, 6.45) is 2.99. The fourth-order valence-corrected chi connectivity index (χ4v) is 1.51. The first-order valence-corrected chi connectivity index (χ1v) is 5.89. The molecule has 0 unspecified atom stereocenters. The number of phenols is 1. The van der Waals surface area contributed by atoms with Crippen LogP contribution >= 0.6 is 0 Å². The van der Waals surface area contributed by atoms with Crippen LogP contribution in [0.1, 0.15) is 11.1 Å². The molecule has 0 atom stereocenters. The molecule has 3 nitrogen and oxygen atoms in total. The van der Waals surface area contributed by atoms with E-state index in [-0.39, 0.29) is 5.75 Å². The summed E-state index contributed by atoms with van der Waals surface area (Å²) >= 11 is 0. The fraction of sp³-hybridized carbons (Fsp3) is 0.0625. The highest BCUT2D eigenvalue weighted by Crippen LogP contribution is 2.13. The number of rotatable bonds is 3. The van der Waals surface area contributed by atoms with Crippen molar-refractivity contribution in [2.45, 2.75) is 6.92 Å². The molecule has 0 saturated carbocycles. The maximum atomic E-state index is 11.6. The highest BCUT2D eigenvalue weighted by molar-refractivity contribution is 5.88. The maximum absolute atomic E-state index is 11.6. The highest BCUT2D eigenvalue weighted by atomic mass is 16.5. The molecule has 0 fully saturated rings. The number of esters is 1. The monoisotopic (exact) mass is 254 g/mol. The van der Waals surface area contributed by atoms with Crippen LogP contribution in [0.3, 0.4) is 0 Å². The molecule has 96 valence electrons. The van der Waals surface area contributed by atoms with Gasteiger partial charge in [-0.15, -0.1) is 0 Å². The minimum atomic E-state index is -0.433. The van der Waals surface area contributed by atoms with Crippen LogP contribution < -0.4 is 4.74 Å². The summed E-state index contributed by atoms with van der Waals surface area (Å²) < 4.78 is 5.14. The molecule has 0 radical (unpaired) electrons. The van der Waals surface area contributed by atoms with Crippen molar-refractivity contribution in [2.75, 3.05) is 0 Å². The zero-order valence-electron chi connectivity index (χ0n) is 10.5. The molecule has 0 saturated heterocycles. The molecular formula is C16H14O3. The van der Waals surface area contributed by atoms with Gasteiger partial charge in [0.1, 0.15) is 11.5 Å². The Morgan fingerprint density at radius 3 is 2.32 bits per heavy atom. The van der Waals surface area contributed by atoms with Crippen molar-refractivity contribution in [3.63, 3.8) is 0 Å². The van der Waals surface area contributed by atoms with Crippen LogP contribution in [0, 0.1) is 6.92 Å². The molecule has 0 aliphatic heterocycles. The molecule has 0 heterocycles. The Labute approximate surface area is 111 Å². The van der Waals surface area contributed by atoms with Gasteiger partial charge in [0.25, 0.3) is 0 Å². The van der Waals surface area contributed by atoms with E-state index in [1.807, 2.05) is 19.1 Å². The second-order valence-corrected chi connectivity index (χ2v) is 4.16.